The van der Waals surface area contributed by atoms with Crippen LogP contribution in [0.3, 0.4) is 0 Å². The molecule has 1 aliphatic carbocycles. The molecule has 1 fully saturated rings. The summed E-state index contributed by atoms with van der Waals surface area (Å²) < 4.78 is 37.9. The van der Waals surface area contributed by atoms with Crippen LogP contribution < -0.4 is 15.4 Å². The number of halogens is 1. The monoisotopic (exact) mass is 556 g/mol. The molecule has 0 amide bonds. The zero-order valence-corrected chi connectivity index (χ0v) is 21.3. The van der Waals surface area contributed by atoms with Crippen LogP contribution in [-0.2, 0) is 33.1 Å². The van der Waals surface area contributed by atoms with Crippen LogP contribution >= 0.6 is 24.0 Å². The highest BCUT2D eigenvalue weighted by Crippen LogP contribution is 2.23. The first-order valence-corrected chi connectivity index (χ1v) is 12.7. The molecule has 7 nitrogen and oxygen atoms in total. The van der Waals surface area contributed by atoms with Crippen molar-refractivity contribution in [1.82, 2.24) is 15.4 Å². The van der Waals surface area contributed by atoms with Gasteiger partial charge in [-0.15, -0.1) is 24.0 Å². The van der Waals surface area contributed by atoms with Crippen molar-refractivity contribution in [2.24, 2.45) is 4.99 Å². The Hall–Kier alpha value is -0.720. The van der Waals surface area contributed by atoms with E-state index >= 15 is 0 Å². The summed E-state index contributed by atoms with van der Waals surface area (Å²) in [5.41, 5.74) is 1.73. The van der Waals surface area contributed by atoms with Gasteiger partial charge in [0.25, 0.3) is 0 Å². The topological polar surface area (TPSA) is 99.7 Å². The molecular weight excluding hydrogens is 523 g/mol. The Morgan fingerprint density at radius 2 is 2.00 bits per heavy atom. The number of nitrogens with one attached hydrogen (secondary N) is 3. The highest BCUT2D eigenvalue weighted by Gasteiger charge is 2.26. The minimum atomic E-state index is -3.29. The molecule has 0 aromatic heterocycles. The number of hydrogen-bond acceptors (Lipinski definition) is 4. The van der Waals surface area contributed by atoms with Crippen LogP contribution in [-0.4, -0.2) is 49.7 Å². The summed E-state index contributed by atoms with van der Waals surface area (Å²) in [6.07, 6.45) is 4.06. The first-order chi connectivity index (χ1) is 13.4. The Morgan fingerprint density at radius 1 is 1.28 bits per heavy atom. The van der Waals surface area contributed by atoms with Gasteiger partial charge in [0.1, 0.15) is 0 Å². The van der Waals surface area contributed by atoms with E-state index in [1.165, 1.54) is 7.05 Å². The SMILES string of the molecule is CCS(=O)C1CCCC(NC(=NC)NCc2cccc(CS(=O)(=O)NC)c2)C1.I. The van der Waals surface area contributed by atoms with E-state index < -0.39 is 20.8 Å². The van der Waals surface area contributed by atoms with Gasteiger partial charge in [0.15, 0.2) is 5.96 Å². The second-order valence-electron chi connectivity index (χ2n) is 7.01. The van der Waals surface area contributed by atoms with Gasteiger partial charge >= 0.3 is 0 Å². The van der Waals surface area contributed by atoms with E-state index in [1.54, 1.807) is 7.05 Å². The van der Waals surface area contributed by atoms with E-state index in [1.807, 2.05) is 31.2 Å². The van der Waals surface area contributed by atoms with Crippen molar-refractivity contribution in [2.45, 2.75) is 56.2 Å². The van der Waals surface area contributed by atoms with E-state index in [4.69, 9.17) is 0 Å². The molecule has 1 aliphatic rings. The molecule has 10 heteroatoms. The van der Waals surface area contributed by atoms with Crippen molar-refractivity contribution in [3.05, 3.63) is 35.4 Å². The molecule has 0 spiro atoms. The quantitative estimate of drug-likeness (QED) is 0.259. The molecule has 3 N–H and O–H groups in total. The summed E-state index contributed by atoms with van der Waals surface area (Å²) in [6, 6.07) is 7.78. The molecule has 0 aliphatic heterocycles. The van der Waals surface area contributed by atoms with Crippen molar-refractivity contribution in [3.63, 3.8) is 0 Å². The first kappa shape index (κ1) is 26.3. The molecule has 1 aromatic rings. The number of aliphatic imine (C=N–C) groups is 1. The van der Waals surface area contributed by atoms with Crippen LogP contribution in [0.25, 0.3) is 0 Å². The Balaban J connectivity index is 0.00000420. The molecule has 0 heterocycles. The maximum Gasteiger partial charge on any atom is 0.215 e. The summed E-state index contributed by atoms with van der Waals surface area (Å²) >= 11 is 0. The van der Waals surface area contributed by atoms with Crippen molar-refractivity contribution in [1.29, 1.82) is 0 Å². The van der Waals surface area contributed by atoms with Crippen LogP contribution in [0, 0.1) is 0 Å². The van der Waals surface area contributed by atoms with Crippen molar-refractivity contribution in [2.75, 3.05) is 19.8 Å². The molecule has 1 aromatic carbocycles. The predicted molar refractivity (Wildman–Crippen MR) is 132 cm³/mol. The van der Waals surface area contributed by atoms with Gasteiger partial charge in [-0.2, -0.15) is 0 Å². The molecule has 166 valence electrons. The van der Waals surface area contributed by atoms with Crippen LogP contribution in [0.1, 0.15) is 43.7 Å². The number of benzene rings is 1. The lowest BCUT2D eigenvalue weighted by atomic mass is 9.95. The molecule has 1 saturated carbocycles. The van der Waals surface area contributed by atoms with Crippen LogP contribution in [0.15, 0.2) is 29.3 Å². The number of guanidine groups is 1. The van der Waals surface area contributed by atoms with E-state index in [0.29, 0.717) is 18.3 Å². The zero-order chi connectivity index (χ0) is 20.6. The van der Waals surface area contributed by atoms with Gasteiger partial charge in [-0.05, 0) is 37.4 Å². The fourth-order valence-electron chi connectivity index (χ4n) is 3.45. The van der Waals surface area contributed by atoms with Gasteiger partial charge in [0.2, 0.25) is 10.0 Å². The average Bonchev–Trinajstić information content (AvgIpc) is 2.70. The van der Waals surface area contributed by atoms with Gasteiger partial charge in [-0.3, -0.25) is 9.20 Å². The van der Waals surface area contributed by atoms with E-state index in [9.17, 15) is 12.6 Å². The summed E-state index contributed by atoms with van der Waals surface area (Å²) in [5.74, 6) is 1.38. The summed E-state index contributed by atoms with van der Waals surface area (Å²) in [7, 11) is -0.890. The Kier molecular flexibility index (Phi) is 11.7. The minimum absolute atomic E-state index is 0. The van der Waals surface area contributed by atoms with Gasteiger partial charge in [-0.25, -0.2) is 13.1 Å². The Morgan fingerprint density at radius 3 is 2.66 bits per heavy atom. The lowest BCUT2D eigenvalue weighted by Crippen LogP contribution is -2.46. The molecule has 29 heavy (non-hydrogen) atoms. The molecule has 3 atom stereocenters. The minimum Gasteiger partial charge on any atom is -0.354 e. The zero-order valence-electron chi connectivity index (χ0n) is 17.3. The van der Waals surface area contributed by atoms with Crippen molar-refractivity contribution in [3.8, 4) is 0 Å². The second-order valence-corrected chi connectivity index (χ2v) is 10.9. The van der Waals surface area contributed by atoms with Crippen molar-refractivity contribution >= 4 is 50.8 Å². The highest BCUT2D eigenvalue weighted by atomic mass is 127. The van der Waals surface area contributed by atoms with E-state index in [0.717, 1.165) is 36.8 Å². The van der Waals surface area contributed by atoms with Gasteiger partial charge < -0.3 is 10.6 Å². The largest absolute Gasteiger partial charge is 0.354 e. The number of rotatable bonds is 8. The van der Waals surface area contributed by atoms with Gasteiger partial charge in [0.05, 0.1) is 5.75 Å². The third-order valence-electron chi connectivity index (χ3n) is 4.97. The third-order valence-corrected chi connectivity index (χ3v) is 8.04. The second kappa shape index (κ2) is 12.9. The van der Waals surface area contributed by atoms with E-state index in [-0.39, 0.29) is 41.0 Å². The maximum atomic E-state index is 12.1. The molecule has 3 unspecified atom stereocenters. The Bertz CT molecular complexity index is 802. The smallest absolute Gasteiger partial charge is 0.215 e. The van der Waals surface area contributed by atoms with E-state index in [2.05, 4.69) is 20.3 Å². The van der Waals surface area contributed by atoms with Gasteiger partial charge in [-0.1, -0.05) is 37.6 Å². The Labute approximate surface area is 194 Å². The summed E-state index contributed by atoms with van der Waals surface area (Å²) in [4.78, 5) is 4.30. The van der Waals surface area contributed by atoms with Crippen LogP contribution in [0.4, 0.5) is 0 Å². The fourth-order valence-corrected chi connectivity index (χ4v) is 5.56. The molecule has 0 radical (unpaired) electrons. The lowest BCUT2D eigenvalue weighted by molar-refractivity contribution is 0.413. The molecule has 2 rings (SSSR count). The molecular formula is C19H33IN4O3S2. The number of hydrogen-bond donors (Lipinski definition) is 3. The summed E-state index contributed by atoms with van der Waals surface area (Å²) in [6.45, 7) is 2.52. The predicted octanol–water partition coefficient (Wildman–Crippen LogP) is 2.10. The maximum absolute atomic E-state index is 12.1. The highest BCUT2D eigenvalue weighted by molar-refractivity contribution is 14.0. The number of nitrogens with zero attached hydrogens (tertiary/aromatic N) is 1. The number of sulfonamides is 1. The standard InChI is InChI=1S/C19H32N4O3S2.HI/c1-4-27(24)18-10-6-9-17(12-18)23-19(20-2)22-13-15-7-5-8-16(11-15)14-28(25,26)21-3;/h5,7-8,11,17-18,21H,4,6,9-10,12-14H2,1-3H3,(H2,20,22,23);1H. The third kappa shape index (κ3) is 8.89. The first-order valence-electron chi connectivity index (χ1n) is 9.70. The van der Waals surface area contributed by atoms with Gasteiger partial charge in [0, 0.05) is 41.4 Å². The fraction of sp³-hybridized carbons (Fsp3) is 0.632. The normalized spacial score (nSPS) is 21.1. The lowest BCUT2D eigenvalue weighted by Gasteiger charge is -2.30. The summed E-state index contributed by atoms with van der Waals surface area (Å²) in [5, 5.41) is 7.00. The average molecular weight is 557 g/mol. The van der Waals surface area contributed by atoms with Crippen LogP contribution in [0.5, 0.6) is 0 Å². The molecule has 0 saturated heterocycles. The van der Waals surface area contributed by atoms with Crippen LogP contribution in [0.2, 0.25) is 0 Å². The molecule has 0 bridgehead atoms. The van der Waals surface area contributed by atoms with Crippen molar-refractivity contribution < 1.29 is 12.6 Å².